The molecular formula is C27H20F3N3O5S. The summed E-state index contributed by atoms with van der Waals surface area (Å²) in [5, 5.41) is 11.8. The zero-order valence-electron chi connectivity index (χ0n) is 20.1. The van der Waals surface area contributed by atoms with E-state index in [2.05, 4.69) is 5.32 Å². The molecule has 0 unspecified atom stereocenters. The van der Waals surface area contributed by atoms with Crippen LogP contribution in [0.4, 0.5) is 23.7 Å². The van der Waals surface area contributed by atoms with E-state index in [1.807, 2.05) is 6.07 Å². The molecule has 1 N–H and O–H groups in total. The van der Waals surface area contributed by atoms with Crippen molar-refractivity contribution < 1.29 is 35.0 Å². The van der Waals surface area contributed by atoms with Gasteiger partial charge in [-0.2, -0.15) is 26.9 Å². The van der Waals surface area contributed by atoms with Gasteiger partial charge in [0.15, 0.2) is 0 Å². The second-order valence-electron chi connectivity index (χ2n) is 8.27. The first kappa shape index (κ1) is 27.3. The monoisotopic (exact) mass is 555 g/mol. The molecule has 0 spiro atoms. The number of carbonyl (C=O) groups is 1. The molecule has 3 aromatic carbocycles. The number of urea groups is 1. The van der Waals surface area contributed by atoms with Gasteiger partial charge in [-0.15, -0.1) is 0 Å². The maximum absolute atomic E-state index is 13.1. The van der Waals surface area contributed by atoms with Crippen molar-refractivity contribution in [2.24, 2.45) is 0 Å². The molecule has 0 atom stereocenters. The minimum atomic E-state index is -4.72. The SMILES string of the molecule is N#Cc1cccc(NC(=O)N(Cc2cccc(OS(=O)(=O)c3cccc(C(F)(F)F)c3)c2)Cc2ccco2)c1. The third kappa shape index (κ3) is 7.18. The predicted octanol–water partition coefficient (Wildman–Crippen LogP) is 6.17. The number of halogens is 3. The van der Waals surface area contributed by atoms with E-state index >= 15 is 0 Å². The van der Waals surface area contributed by atoms with Gasteiger partial charge in [0.05, 0.1) is 30.0 Å². The normalized spacial score (nSPS) is 11.4. The van der Waals surface area contributed by atoms with E-state index in [1.165, 1.54) is 35.4 Å². The van der Waals surface area contributed by atoms with E-state index in [0.717, 1.165) is 18.2 Å². The largest absolute Gasteiger partial charge is 0.467 e. The molecule has 8 nitrogen and oxygen atoms in total. The molecule has 4 aromatic rings. The van der Waals surface area contributed by atoms with Gasteiger partial charge in [0, 0.05) is 12.2 Å². The van der Waals surface area contributed by atoms with Crippen LogP contribution in [0.3, 0.4) is 0 Å². The van der Waals surface area contributed by atoms with Crippen LogP contribution in [0.15, 0.2) is 101 Å². The maximum Gasteiger partial charge on any atom is 0.416 e. The van der Waals surface area contributed by atoms with Crippen molar-refractivity contribution in [2.75, 3.05) is 5.32 Å². The van der Waals surface area contributed by atoms with Crippen molar-refractivity contribution in [1.29, 1.82) is 5.26 Å². The Labute approximate surface area is 222 Å². The third-order valence-electron chi connectivity index (χ3n) is 5.38. The zero-order chi connectivity index (χ0) is 28.0. The molecular weight excluding hydrogens is 535 g/mol. The van der Waals surface area contributed by atoms with E-state index in [1.54, 1.807) is 36.4 Å². The molecule has 1 aromatic heterocycles. The number of furan rings is 1. The van der Waals surface area contributed by atoms with Crippen LogP contribution in [0, 0.1) is 11.3 Å². The first-order valence-electron chi connectivity index (χ1n) is 11.3. The summed E-state index contributed by atoms with van der Waals surface area (Å²) in [5.41, 5.74) is 0.102. The summed E-state index contributed by atoms with van der Waals surface area (Å²) in [4.78, 5) is 13.9. The minimum absolute atomic E-state index is 0.00865. The molecule has 0 saturated carbocycles. The Morgan fingerprint density at radius 3 is 2.46 bits per heavy atom. The lowest BCUT2D eigenvalue weighted by molar-refractivity contribution is -0.137. The third-order valence-corrected chi connectivity index (χ3v) is 6.63. The molecule has 39 heavy (non-hydrogen) atoms. The molecule has 1 heterocycles. The summed E-state index contributed by atoms with van der Waals surface area (Å²) < 4.78 is 75.0. The quantitative estimate of drug-likeness (QED) is 0.260. The van der Waals surface area contributed by atoms with Crippen molar-refractivity contribution in [3.63, 3.8) is 0 Å². The lowest BCUT2D eigenvalue weighted by Gasteiger charge is -2.22. The molecule has 2 amide bonds. The molecule has 12 heteroatoms. The summed E-state index contributed by atoms with van der Waals surface area (Å²) >= 11 is 0. The minimum Gasteiger partial charge on any atom is -0.467 e. The van der Waals surface area contributed by atoms with E-state index in [4.69, 9.17) is 13.9 Å². The van der Waals surface area contributed by atoms with Gasteiger partial charge in [-0.25, -0.2) is 4.79 Å². The van der Waals surface area contributed by atoms with Gasteiger partial charge < -0.3 is 18.8 Å². The van der Waals surface area contributed by atoms with Crippen LogP contribution in [0.25, 0.3) is 0 Å². The number of benzene rings is 3. The number of anilines is 1. The second kappa shape index (κ2) is 11.3. The molecule has 0 radical (unpaired) electrons. The number of hydrogen-bond acceptors (Lipinski definition) is 6. The Bertz CT molecular complexity index is 1610. The molecule has 0 fully saturated rings. The van der Waals surface area contributed by atoms with Crippen LogP contribution in [0.5, 0.6) is 5.75 Å². The molecule has 0 aliphatic heterocycles. The molecule has 0 bridgehead atoms. The van der Waals surface area contributed by atoms with Gasteiger partial charge in [0.1, 0.15) is 16.4 Å². The molecule has 4 rings (SSSR count). The van der Waals surface area contributed by atoms with Crippen LogP contribution < -0.4 is 9.50 Å². The Hall–Kier alpha value is -4.76. The van der Waals surface area contributed by atoms with Crippen LogP contribution in [-0.4, -0.2) is 19.3 Å². The number of carbonyl (C=O) groups excluding carboxylic acids is 1. The summed E-state index contributed by atoms with van der Waals surface area (Å²) in [6.07, 6.45) is -3.27. The lowest BCUT2D eigenvalue weighted by Crippen LogP contribution is -2.34. The first-order chi connectivity index (χ1) is 18.5. The second-order valence-corrected chi connectivity index (χ2v) is 9.81. The fraction of sp³-hybridized carbons (Fsp3) is 0.111. The number of alkyl halides is 3. The van der Waals surface area contributed by atoms with Crippen LogP contribution in [0.1, 0.15) is 22.5 Å². The van der Waals surface area contributed by atoms with E-state index < -0.39 is 32.8 Å². The Morgan fingerprint density at radius 2 is 1.74 bits per heavy atom. The summed E-state index contributed by atoms with van der Waals surface area (Å²) in [6, 6.07) is 20.2. The van der Waals surface area contributed by atoms with Gasteiger partial charge in [0.2, 0.25) is 0 Å². The standard InChI is InChI=1S/C27H20F3N3O5S/c28-27(29,30)21-7-3-11-25(15-21)39(35,36)38-23-9-2-6-20(14-23)17-33(18-24-10-4-12-37-24)26(34)32-22-8-1-5-19(13-22)16-31/h1-15H,17-18H2,(H,32,34). The number of rotatable bonds is 8. The smallest absolute Gasteiger partial charge is 0.416 e. The van der Waals surface area contributed by atoms with Crippen molar-refractivity contribution >= 4 is 21.8 Å². The lowest BCUT2D eigenvalue weighted by atomic mass is 10.2. The molecule has 200 valence electrons. The van der Waals surface area contributed by atoms with Gasteiger partial charge in [0.25, 0.3) is 0 Å². The number of nitrogens with one attached hydrogen (secondary N) is 1. The topological polar surface area (TPSA) is 113 Å². The average molecular weight is 556 g/mol. The van der Waals surface area contributed by atoms with Crippen LogP contribution >= 0.6 is 0 Å². The van der Waals surface area contributed by atoms with Crippen molar-refractivity contribution in [1.82, 2.24) is 4.90 Å². The van der Waals surface area contributed by atoms with Crippen molar-refractivity contribution in [3.8, 4) is 11.8 Å². The van der Waals surface area contributed by atoms with E-state index in [-0.39, 0.29) is 18.8 Å². The Kier molecular flexibility index (Phi) is 7.92. The van der Waals surface area contributed by atoms with Crippen LogP contribution in [0.2, 0.25) is 0 Å². The highest BCUT2D eigenvalue weighted by molar-refractivity contribution is 7.87. The van der Waals surface area contributed by atoms with Crippen molar-refractivity contribution in [2.45, 2.75) is 24.2 Å². The highest BCUT2D eigenvalue weighted by atomic mass is 32.2. The predicted molar refractivity (Wildman–Crippen MR) is 134 cm³/mol. The zero-order valence-corrected chi connectivity index (χ0v) is 20.9. The van der Waals surface area contributed by atoms with Gasteiger partial charge in [-0.3, -0.25) is 0 Å². The average Bonchev–Trinajstić information content (AvgIpc) is 3.41. The summed E-state index contributed by atoms with van der Waals surface area (Å²) in [6.45, 7) is 0.0513. The number of amides is 2. The fourth-order valence-electron chi connectivity index (χ4n) is 3.58. The molecule has 0 aliphatic carbocycles. The van der Waals surface area contributed by atoms with E-state index in [0.29, 0.717) is 28.6 Å². The number of nitrogens with zero attached hydrogens (tertiary/aromatic N) is 2. The molecule has 0 saturated heterocycles. The van der Waals surface area contributed by atoms with Gasteiger partial charge in [-0.1, -0.05) is 24.3 Å². The first-order valence-corrected chi connectivity index (χ1v) is 12.7. The van der Waals surface area contributed by atoms with E-state index in [9.17, 15) is 26.4 Å². The number of hydrogen-bond donors (Lipinski definition) is 1. The van der Waals surface area contributed by atoms with Gasteiger partial charge >= 0.3 is 22.3 Å². The highest BCUT2D eigenvalue weighted by Crippen LogP contribution is 2.31. The molecule has 0 aliphatic rings. The Morgan fingerprint density at radius 1 is 0.974 bits per heavy atom. The Balaban J connectivity index is 1.55. The highest BCUT2D eigenvalue weighted by Gasteiger charge is 2.32. The summed E-state index contributed by atoms with van der Waals surface area (Å²) in [5.74, 6) is 0.334. The van der Waals surface area contributed by atoms with Crippen molar-refractivity contribution in [3.05, 3.63) is 114 Å². The van der Waals surface area contributed by atoms with Crippen LogP contribution in [-0.2, 0) is 29.4 Å². The van der Waals surface area contributed by atoms with Gasteiger partial charge in [-0.05, 0) is 66.2 Å². The maximum atomic E-state index is 13.1. The number of nitriles is 1. The summed E-state index contributed by atoms with van der Waals surface area (Å²) in [7, 11) is -4.58. The fourth-order valence-corrected chi connectivity index (χ4v) is 4.55.